The highest BCUT2D eigenvalue weighted by Crippen LogP contribution is 2.44. The van der Waals surface area contributed by atoms with Crippen LogP contribution in [0, 0.1) is 5.92 Å². The van der Waals surface area contributed by atoms with Crippen LogP contribution in [0.4, 0.5) is 5.13 Å². The predicted octanol–water partition coefficient (Wildman–Crippen LogP) is 5.52. The van der Waals surface area contributed by atoms with Gasteiger partial charge < -0.3 is 19.4 Å². The number of rotatable bonds is 5. The molecule has 1 fully saturated rings. The van der Waals surface area contributed by atoms with Crippen molar-refractivity contribution in [1.29, 1.82) is 0 Å². The first-order chi connectivity index (χ1) is 16.2. The van der Waals surface area contributed by atoms with Gasteiger partial charge in [-0.2, -0.15) is 0 Å². The number of hydrogen-bond acceptors (Lipinski definition) is 6. The highest BCUT2D eigenvalue weighted by Gasteiger charge is 2.31. The SMILES string of the molecule is O=C(O)C1CCN(c2nc(-c3ccc(-c4cnco4)cc3)c(-c3cccc4[nH]ccc34)s2)C1. The fraction of sp³-hybridized carbons (Fsp3) is 0.160. The third kappa shape index (κ3) is 3.48. The Morgan fingerprint density at radius 2 is 2.00 bits per heavy atom. The number of oxazole rings is 1. The number of fused-ring (bicyclic) bond motifs is 1. The number of anilines is 1. The molecule has 5 aromatic rings. The normalized spacial score (nSPS) is 16.0. The molecule has 1 aliphatic rings. The maximum Gasteiger partial charge on any atom is 0.308 e. The summed E-state index contributed by atoms with van der Waals surface area (Å²) in [7, 11) is 0. The molecule has 8 heteroatoms. The summed E-state index contributed by atoms with van der Waals surface area (Å²) in [5.41, 5.74) is 5.02. The van der Waals surface area contributed by atoms with Crippen LogP contribution in [0.2, 0.25) is 0 Å². The van der Waals surface area contributed by atoms with E-state index in [1.165, 1.54) is 6.39 Å². The maximum absolute atomic E-state index is 11.5. The van der Waals surface area contributed by atoms with Crippen LogP contribution in [0.15, 0.2) is 71.7 Å². The number of aromatic amines is 1. The van der Waals surface area contributed by atoms with Gasteiger partial charge in [0.1, 0.15) is 0 Å². The van der Waals surface area contributed by atoms with Crippen molar-refractivity contribution in [2.45, 2.75) is 6.42 Å². The molecule has 0 radical (unpaired) electrons. The fourth-order valence-corrected chi connectivity index (χ4v) is 5.55. The van der Waals surface area contributed by atoms with E-state index in [1.54, 1.807) is 17.5 Å². The summed E-state index contributed by atoms with van der Waals surface area (Å²) in [6, 6.07) is 16.4. The molecule has 0 amide bonds. The van der Waals surface area contributed by atoms with Crippen LogP contribution in [-0.4, -0.2) is 39.1 Å². The van der Waals surface area contributed by atoms with Crippen LogP contribution in [0.3, 0.4) is 0 Å². The van der Waals surface area contributed by atoms with Crippen molar-refractivity contribution in [2.24, 2.45) is 5.92 Å². The average Bonchev–Trinajstić information content (AvgIpc) is 3.63. The largest absolute Gasteiger partial charge is 0.481 e. The number of benzene rings is 2. The molecule has 0 aliphatic carbocycles. The van der Waals surface area contributed by atoms with Gasteiger partial charge in [-0.15, -0.1) is 0 Å². The van der Waals surface area contributed by atoms with Gasteiger partial charge in [-0.1, -0.05) is 47.7 Å². The van der Waals surface area contributed by atoms with E-state index < -0.39 is 5.97 Å². The molecule has 164 valence electrons. The van der Waals surface area contributed by atoms with Crippen molar-refractivity contribution < 1.29 is 14.3 Å². The quantitative estimate of drug-likeness (QED) is 0.361. The maximum atomic E-state index is 11.5. The van der Waals surface area contributed by atoms with Gasteiger partial charge in [-0.25, -0.2) is 9.97 Å². The number of nitrogens with one attached hydrogen (secondary N) is 1. The van der Waals surface area contributed by atoms with Gasteiger partial charge in [0, 0.05) is 46.9 Å². The Labute approximate surface area is 193 Å². The lowest BCUT2D eigenvalue weighted by Gasteiger charge is -2.13. The summed E-state index contributed by atoms with van der Waals surface area (Å²) < 4.78 is 5.42. The van der Waals surface area contributed by atoms with E-state index in [1.807, 2.05) is 36.5 Å². The number of nitrogens with zero attached hydrogens (tertiary/aromatic N) is 3. The third-order valence-electron chi connectivity index (χ3n) is 6.14. The second-order valence-corrected chi connectivity index (χ2v) is 9.11. The van der Waals surface area contributed by atoms with Crippen molar-refractivity contribution >= 4 is 33.3 Å². The molecular weight excluding hydrogens is 436 g/mol. The van der Waals surface area contributed by atoms with Gasteiger partial charge in [0.2, 0.25) is 0 Å². The van der Waals surface area contributed by atoms with Crippen LogP contribution >= 0.6 is 11.3 Å². The Morgan fingerprint density at radius 3 is 2.76 bits per heavy atom. The van der Waals surface area contributed by atoms with E-state index in [0.29, 0.717) is 19.5 Å². The number of carboxylic acids is 1. The van der Waals surface area contributed by atoms with Gasteiger partial charge in [0.05, 0.1) is 22.7 Å². The molecule has 0 saturated carbocycles. The van der Waals surface area contributed by atoms with Crippen molar-refractivity contribution in [2.75, 3.05) is 18.0 Å². The Kier molecular flexibility index (Phi) is 4.73. The Balaban J connectivity index is 1.46. The number of aliphatic carboxylic acids is 1. The second-order valence-electron chi connectivity index (χ2n) is 8.13. The van der Waals surface area contributed by atoms with Crippen molar-refractivity contribution in [1.82, 2.24) is 15.0 Å². The lowest BCUT2D eigenvalue weighted by Crippen LogP contribution is -2.22. The van der Waals surface area contributed by atoms with Gasteiger partial charge >= 0.3 is 5.97 Å². The van der Waals surface area contributed by atoms with Crippen LogP contribution in [0.1, 0.15) is 6.42 Å². The lowest BCUT2D eigenvalue weighted by atomic mass is 10.0. The van der Waals surface area contributed by atoms with Gasteiger partial charge in [-0.3, -0.25) is 4.79 Å². The van der Waals surface area contributed by atoms with Gasteiger partial charge in [0.25, 0.3) is 0 Å². The van der Waals surface area contributed by atoms with Gasteiger partial charge in [-0.05, 0) is 18.6 Å². The topological polar surface area (TPSA) is 95.2 Å². The molecule has 3 aromatic heterocycles. The van der Waals surface area contributed by atoms with Crippen LogP contribution < -0.4 is 4.90 Å². The number of hydrogen-bond donors (Lipinski definition) is 2. The summed E-state index contributed by atoms with van der Waals surface area (Å²) >= 11 is 1.62. The molecule has 4 heterocycles. The number of carbonyl (C=O) groups is 1. The molecule has 0 spiro atoms. The van der Waals surface area contributed by atoms with Crippen LogP contribution in [0.25, 0.3) is 43.9 Å². The molecule has 0 bridgehead atoms. The zero-order valence-electron chi connectivity index (χ0n) is 17.6. The Bertz CT molecular complexity index is 1440. The number of aromatic nitrogens is 3. The van der Waals surface area contributed by atoms with E-state index in [0.717, 1.165) is 49.1 Å². The van der Waals surface area contributed by atoms with E-state index in [-0.39, 0.29) is 5.92 Å². The van der Waals surface area contributed by atoms with Crippen molar-refractivity contribution in [3.8, 4) is 33.0 Å². The minimum atomic E-state index is -0.741. The van der Waals surface area contributed by atoms with Gasteiger partial charge in [0.15, 0.2) is 17.3 Å². The van der Waals surface area contributed by atoms with Crippen LogP contribution in [0.5, 0.6) is 0 Å². The summed E-state index contributed by atoms with van der Waals surface area (Å²) in [4.78, 5) is 26.9. The zero-order valence-corrected chi connectivity index (χ0v) is 18.4. The van der Waals surface area contributed by atoms with Crippen LogP contribution in [-0.2, 0) is 4.79 Å². The summed E-state index contributed by atoms with van der Waals surface area (Å²) in [6.45, 7) is 1.18. The molecule has 6 rings (SSSR count). The monoisotopic (exact) mass is 456 g/mol. The van der Waals surface area contributed by atoms with E-state index in [9.17, 15) is 9.90 Å². The Morgan fingerprint density at radius 1 is 1.15 bits per heavy atom. The molecule has 1 unspecified atom stereocenters. The van der Waals surface area contributed by atoms with E-state index in [2.05, 4.69) is 33.1 Å². The van der Waals surface area contributed by atoms with E-state index in [4.69, 9.17) is 9.40 Å². The number of H-pyrrole nitrogens is 1. The zero-order chi connectivity index (χ0) is 22.4. The third-order valence-corrected chi connectivity index (χ3v) is 7.29. The number of thiazole rings is 1. The second kappa shape index (κ2) is 7.90. The van der Waals surface area contributed by atoms with Crippen molar-refractivity contribution in [3.63, 3.8) is 0 Å². The molecule has 1 atom stereocenters. The molecule has 2 aromatic carbocycles. The molecule has 1 aliphatic heterocycles. The minimum Gasteiger partial charge on any atom is -0.481 e. The molecular formula is C25H20N4O3S. The molecule has 1 saturated heterocycles. The first-order valence-corrected chi connectivity index (χ1v) is 11.5. The molecule has 2 N–H and O–H groups in total. The highest BCUT2D eigenvalue weighted by atomic mass is 32.1. The fourth-order valence-electron chi connectivity index (χ4n) is 4.39. The molecule has 7 nitrogen and oxygen atoms in total. The minimum absolute atomic E-state index is 0.352. The average molecular weight is 457 g/mol. The number of carboxylic acid groups (broad SMARTS) is 1. The first-order valence-electron chi connectivity index (χ1n) is 10.7. The van der Waals surface area contributed by atoms with E-state index >= 15 is 0 Å². The summed E-state index contributed by atoms with van der Waals surface area (Å²) in [6.07, 6.45) is 5.70. The smallest absolute Gasteiger partial charge is 0.308 e. The summed E-state index contributed by atoms with van der Waals surface area (Å²) in [5, 5.41) is 11.4. The molecule has 33 heavy (non-hydrogen) atoms. The predicted molar refractivity (Wildman–Crippen MR) is 128 cm³/mol. The highest BCUT2D eigenvalue weighted by molar-refractivity contribution is 7.19. The Hall–Kier alpha value is -3.91. The van der Waals surface area contributed by atoms with Crippen molar-refractivity contribution in [3.05, 3.63) is 67.3 Å². The summed E-state index contributed by atoms with van der Waals surface area (Å²) in [5.74, 6) is -0.376. The standard InChI is InChI=1S/C25H20N4O3S/c30-24(31)17-9-11-29(13-17)25-28-22(16-6-4-15(5-7-16)21-12-26-14-32-21)23(33-25)19-2-1-3-20-18(19)8-10-27-20/h1-8,10,12,14,17,27H,9,11,13H2,(H,30,31). The lowest BCUT2D eigenvalue weighted by molar-refractivity contribution is -0.140. The first kappa shape index (κ1) is 19.8.